The zero-order valence-electron chi connectivity index (χ0n) is 7.88. The highest BCUT2D eigenvalue weighted by Crippen LogP contribution is 2.40. The molecule has 0 aromatic rings. The van der Waals surface area contributed by atoms with E-state index in [2.05, 4.69) is 11.4 Å². The van der Waals surface area contributed by atoms with Gasteiger partial charge in [0.15, 0.2) is 0 Å². The Kier molecular flexibility index (Phi) is 2.14. The lowest BCUT2D eigenvalue weighted by Gasteiger charge is -2.25. The van der Waals surface area contributed by atoms with Gasteiger partial charge in [-0.15, -0.1) is 0 Å². The van der Waals surface area contributed by atoms with Crippen LogP contribution in [0.5, 0.6) is 0 Å². The lowest BCUT2D eigenvalue weighted by molar-refractivity contribution is 0.180. The Bertz CT molecular complexity index is 277. The maximum atomic E-state index is 9.70. The molecule has 1 unspecified atom stereocenters. The molecule has 3 heteroatoms. The predicted molar refractivity (Wildman–Crippen MR) is 51.7 cm³/mol. The van der Waals surface area contributed by atoms with Gasteiger partial charge in [-0.1, -0.05) is 0 Å². The summed E-state index contributed by atoms with van der Waals surface area (Å²) in [6.45, 7) is 2.42. The van der Waals surface area contributed by atoms with Gasteiger partial charge in [-0.25, -0.2) is 0 Å². The number of allylic oxidation sites excluding steroid dienone is 3. The summed E-state index contributed by atoms with van der Waals surface area (Å²) in [5, 5.41) is 12.7. The molecule has 2 aliphatic rings. The smallest absolute Gasteiger partial charge is 0.148 e. The van der Waals surface area contributed by atoms with Gasteiger partial charge in [0.05, 0.1) is 0 Å². The molecular formula is C10H16N2O. The highest BCUT2D eigenvalue weighted by atomic mass is 16.3. The van der Waals surface area contributed by atoms with Crippen molar-refractivity contribution < 1.29 is 5.11 Å². The molecule has 1 aliphatic heterocycles. The molecule has 0 aromatic heterocycles. The van der Waals surface area contributed by atoms with Gasteiger partial charge in [0.1, 0.15) is 6.23 Å². The molecule has 0 spiro atoms. The van der Waals surface area contributed by atoms with Gasteiger partial charge in [-0.3, -0.25) is 0 Å². The summed E-state index contributed by atoms with van der Waals surface area (Å²) in [7, 11) is 0. The Labute approximate surface area is 78.3 Å². The van der Waals surface area contributed by atoms with Gasteiger partial charge in [0.25, 0.3) is 0 Å². The van der Waals surface area contributed by atoms with Gasteiger partial charge in [-0.05, 0) is 42.9 Å². The Balaban J connectivity index is 2.32. The molecule has 1 heterocycles. The van der Waals surface area contributed by atoms with Crippen molar-refractivity contribution in [1.29, 1.82) is 0 Å². The third kappa shape index (κ3) is 1.62. The molecule has 0 bridgehead atoms. The minimum absolute atomic E-state index is 0.448. The van der Waals surface area contributed by atoms with Crippen LogP contribution in [-0.2, 0) is 0 Å². The first-order valence-corrected chi connectivity index (χ1v) is 4.78. The van der Waals surface area contributed by atoms with Crippen molar-refractivity contribution in [2.24, 2.45) is 11.7 Å². The third-order valence-electron chi connectivity index (χ3n) is 2.67. The van der Waals surface area contributed by atoms with Crippen LogP contribution >= 0.6 is 0 Å². The van der Waals surface area contributed by atoms with E-state index in [1.165, 1.54) is 18.4 Å². The molecule has 13 heavy (non-hydrogen) atoms. The predicted octanol–water partition coefficient (Wildman–Crippen LogP) is 0.477. The first kappa shape index (κ1) is 8.78. The summed E-state index contributed by atoms with van der Waals surface area (Å²) in [5.41, 5.74) is 8.88. The van der Waals surface area contributed by atoms with Crippen LogP contribution < -0.4 is 11.1 Å². The average molecular weight is 180 g/mol. The van der Waals surface area contributed by atoms with E-state index in [-0.39, 0.29) is 0 Å². The number of rotatable bonds is 2. The maximum absolute atomic E-state index is 9.70. The van der Waals surface area contributed by atoms with Crippen molar-refractivity contribution in [2.45, 2.75) is 26.0 Å². The third-order valence-corrected chi connectivity index (χ3v) is 2.67. The summed E-state index contributed by atoms with van der Waals surface area (Å²) in [6, 6.07) is 0. The second kappa shape index (κ2) is 3.16. The number of aliphatic hydroxyl groups excluding tert-OH is 1. The van der Waals surface area contributed by atoms with E-state index in [0.29, 0.717) is 12.5 Å². The number of hydrogen-bond acceptors (Lipinski definition) is 3. The zero-order valence-corrected chi connectivity index (χ0v) is 7.88. The Morgan fingerprint density at radius 1 is 1.62 bits per heavy atom. The Morgan fingerprint density at radius 2 is 2.31 bits per heavy atom. The molecule has 2 rings (SSSR count). The molecule has 1 fully saturated rings. The molecule has 0 saturated heterocycles. The summed E-state index contributed by atoms with van der Waals surface area (Å²) in [4.78, 5) is 0. The van der Waals surface area contributed by atoms with Crippen LogP contribution in [0.15, 0.2) is 22.9 Å². The molecule has 1 saturated carbocycles. The minimum atomic E-state index is -0.564. The lowest BCUT2D eigenvalue weighted by atomic mass is 9.98. The molecule has 1 atom stereocenters. The minimum Gasteiger partial charge on any atom is -0.370 e. The fourth-order valence-electron chi connectivity index (χ4n) is 1.83. The first-order valence-electron chi connectivity index (χ1n) is 4.78. The molecule has 4 N–H and O–H groups in total. The first-order chi connectivity index (χ1) is 6.22. The number of aliphatic hydroxyl groups is 1. The Hall–Kier alpha value is -0.800. The number of nitrogens with two attached hydrogens (primary N) is 1. The molecule has 0 radical (unpaired) electrons. The van der Waals surface area contributed by atoms with Gasteiger partial charge < -0.3 is 16.2 Å². The zero-order chi connectivity index (χ0) is 9.42. The van der Waals surface area contributed by atoms with E-state index in [1.807, 2.05) is 6.92 Å². The highest BCUT2D eigenvalue weighted by Gasteiger charge is 2.30. The monoisotopic (exact) mass is 180 g/mol. The Morgan fingerprint density at radius 3 is 2.85 bits per heavy atom. The second-order valence-electron chi connectivity index (χ2n) is 3.83. The summed E-state index contributed by atoms with van der Waals surface area (Å²) < 4.78 is 0. The maximum Gasteiger partial charge on any atom is 0.148 e. The number of nitrogens with one attached hydrogen (secondary N) is 1. The van der Waals surface area contributed by atoms with E-state index < -0.39 is 6.23 Å². The summed E-state index contributed by atoms with van der Waals surface area (Å²) >= 11 is 0. The van der Waals surface area contributed by atoms with Gasteiger partial charge in [-0.2, -0.15) is 0 Å². The van der Waals surface area contributed by atoms with Crippen molar-refractivity contribution in [3.8, 4) is 0 Å². The molecule has 1 aliphatic carbocycles. The molecule has 72 valence electrons. The van der Waals surface area contributed by atoms with Crippen molar-refractivity contribution >= 4 is 0 Å². The van der Waals surface area contributed by atoms with Crippen LogP contribution in [0, 0.1) is 5.92 Å². The topological polar surface area (TPSA) is 58.3 Å². The van der Waals surface area contributed by atoms with E-state index in [0.717, 1.165) is 11.3 Å². The molecular weight excluding hydrogens is 164 g/mol. The van der Waals surface area contributed by atoms with Crippen molar-refractivity contribution in [3.63, 3.8) is 0 Å². The van der Waals surface area contributed by atoms with E-state index in [9.17, 15) is 5.11 Å². The quantitative estimate of drug-likeness (QED) is 0.579. The number of dihydropyridines is 1. The second-order valence-corrected chi connectivity index (χ2v) is 3.83. The van der Waals surface area contributed by atoms with Crippen LogP contribution in [-0.4, -0.2) is 17.9 Å². The van der Waals surface area contributed by atoms with Crippen LogP contribution in [0.4, 0.5) is 0 Å². The van der Waals surface area contributed by atoms with E-state index >= 15 is 0 Å². The highest BCUT2D eigenvalue weighted by molar-refractivity contribution is 5.38. The molecule has 3 nitrogen and oxygen atoms in total. The largest absolute Gasteiger partial charge is 0.370 e. The number of hydrogen-bond donors (Lipinski definition) is 3. The summed E-state index contributed by atoms with van der Waals surface area (Å²) in [6.07, 6.45) is 4.04. The van der Waals surface area contributed by atoms with Gasteiger partial charge in [0.2, 0.25) is 0 Å². The van der Waals surface area contributed by atoms with E-state index in [1.54, 1.807) is 0 Å². The van der Waals surface area contributed by atoms with E-state index in [4.69, 9.17) is 5.73 Å². The van der Waals surface area contributed by atoms with Crippen molar-refractivity contribution in [3.05, 3.63) is 22.9 Å². The van der Waals surface area contributed by atoms with Gasteiger partial charge in [0, 0.05) is 12.2 Å². The van der Waals surface area contributed by atoms with Crippen LogP contribution in [0.25, 0.3) is 0 Å². The van der Waals surface area contributed by atoms with Gasteiger partial charge >= 0.3 is 0 Å². The SMILES string of the molecule is CC1=CC(C2CC2)=C(CN)C(O)N1. The van der Waals surface area contributed by atoms with Crippen LogP contribution in [0.2, 0.25) is 0 Å². The van der Waals surface area contributed by atoms with Crippen molar-refractivity contribution in [2.75, 3.05) is 6.54 Å². The standard InChI is InChI=1S/C10H16N2O/c1-6-4-8(7-2-3-7)9(5-11)10(13)12-6/h4,7,10,12-13H,2-3,5,11H2,1H3. The normalized spacial score (nSPS) is 28.5. The van der Waals surface area contributed by atoms with Crippen molar-refractivity contribution in [1.82, 2.24) is 5.32 Å². The molecule has 0 aromatic carbocycles. The van der Waals surface area contributed by atoms with Crippen LogP contribution in [0.1, 0.15) is 19.8 Å². The fourth-order valence-corrected chi connectivity index (χ4v) is 1.83. The van der Waals surface area contributed by atoms with Crippen LogP contribution in [0.3, 0.4) is 0 Å². The fraction of sp³-hybridized carbons (Fsp3) is 0.600. The molecule has 0 amide bonds. The lowest BCUT2D eigenvalue weighted by Crippen LogP contribution is -2.36. The average Bonchev–Trinajstić information content (AvgIpc) is 2.85. The summed E-state index contributed by atoms with van der Waals surface area (Å²) in [5.74, 6) is 0.658.